The van der Waals surface area contributed by atoms with E-state index in [1.807, 2.05) is 0 Å². The van der Waals surface area contributed by atoms with Gasteiger partial charge in [-0.2, -0.15) is 0 Å². The first-order chi connectivity index (χ1) is 28.4. The number of anilines is 1. The van der Waals surface area contributed by atoms with Gasteiger partial charge in [0.15, 0.2) is 12.6 Å². The molecule has 15 atom stereocenters. The van der Waals surface area contributed by atoms with Crippen molar-refractivity contribution in [1.29, 1.82) is 0 Å². The van der Waals surface area contributed by atoms with E-state index >= 15 is 0 Å². The summed E-state index contributed by atoms with van der Waals surface area (Å²) in [6.45, 7) is -1.56. The zero-order valence-electron chi connectivity index (χ0n) is 33.6. The molecule has 0 saturated carbocycles. The molecule has 0 aliphatic carbocycles. The molecule has 340 valence electrons. The van der Waals surface area contributed by atoms with Crippen LogP contribution >= 0.6 is 0 Å². The molecule has 0 spiro atoms. The zero-order chi connectivity index (χ0) is 42.9. The Bertz CT molecular complexity index is 1310. The minimum atomic E-state index is -1.94. The van der Waals surface area contributed by atoms with E-state index in [1.165, 1.54) is 69.9 Å². The van der Waals surface area contributed by atoms with Crippen LogP contribution in [-0.2, 0) is 28.5 Å². The maximum atomic E-state index is 12.5. The Morgan fingerprint density at radius 3 is 1.41 bits per heavy atom. The summed E-state index contributed by atoms with van der Waals surface area (Å²) in [7, 11) is 0. The molecule has 1 aromatic rings. The standard InChI is InChI=1S/C40H68N2O17/c41-19-13-11-9-7-5-3-1-2-4-6-8-10-12-14-28(46)42-23-15-17-24(18-16-23)54-38-34(52)31(49)36(26(21-44)56-38)59-40-35(53)32(50)37(27(22-45)57-40)58-39-33(51)30(48)29(47)25(20-43)55-39/h15-18,25-27,29-40,43-45,47-53H,1-14,19-22,41H2,(H,42,46)/t25-,26-,27-,29+,30+,31-,32-,33-,34-,35-,36-,37+,38-,39-,40+/m1/s1. The van der Waals surface area contributed by atoms with Crippen LogP contribution in [0, 0.1) is 0 Å². The molecule has 3 aliphatic heterocycles. The number of carbonyl (C=O) groups is 1. The van der Waals surface area contributed by atoms with Gasteiger partial charge >= 0.3 is 0 Å². The molecule has 3 heterocycles. The maximum absolute atomic E-state index is 12.5. The number of unbranched alkanes of at least 4 members (excludes halogenated alkanes) is 12. The van der Waals surface area contributed by atoms with Crippen LogP contribution in [0.1, 0.15) is 89.9 Å². The fourth-order valence-electron chi connectivity index (χ4n) is 7.49. The van der Waals surface area contributed by atoms with Crippen molar-refractivity contribution in [3.05, 3.63) is 24.3 Å². The molecule has 0 bridgehead atoms. The molecule has 3 aliphatic rings. The van der Waals surface area contributed by atoms with Crippen molar-refractivity contribution < 1.29 is 84.3 Å². The van der Waals surface area contributed by atoms with Gasteiger partial charge in [0, 0.05) is 12.1 Å². The number of hydrogen-bond acceptors (Lipinski definition) is 18. The lowest BCUT2D eigenvalue weighted by Gasteiger charge is -2.48. The zero-order valence-corrected chi connectivity index (χ0v) is 33.6. The molecular weight excluding hydrogens is 780 g/mol. The first-order valence-corrected chi connectivity index (χ1v) is 21.1. The molecule has 0 radical (unpaired) electrons. The largest absolute Gasteiger partial charge is 0.462 e. The van der Waals surface area contributed by atoms with Crippen molar-refractivity contribution in [3.8, 4) is 5.75 Å². The van der Waals surface area contributed by atoms with Crippen LogP contribution in [0.4, 0.5) is 5.69 Å². The van der Waals surface area contributed by atoms with Crippen LogP contribution in [-0.4, -0.2) is 175 Å². The van der Waals surface area contributed by atoms with E-state index in [4.69, 9.17) is 34.2 Å². The summed E-state index contributed by atoms with van der Waals surface area (Å²) in [5, 5.41) is 107. The SMILES string of the molecule is NCCCCCCCCCCCCCCCC(=O)Nc1ccc(O[C@@H]2O[C@H](CO)[C@@H](O[C@@H]3O[C@H](CO)[C@H](O[C@H]4O[C@H](CO)[C@H](O)[C@H](O)[C@H]4O)[C@H](O)[C@H]3O)[C@H](O)[C@H]2O)cc1. The topological polar surface area (TPSA) is 313 Å². The number of nitrogens with one attached hydrogen (secondary N) is 1. The van der Waals surface area contributed by atoms with Gasteiger partial charge in [0.25, 0.3) is 0 Å². The number of benzene rings is 1. The summed E-state index contributed by atoms with van der Waals surface area (Å²) in [4.78, 5) is 12.5. The predicted molar refractivity (Wildman–Crippen MR) is 208 cm³/mol. The minimum absolute atomic E-state index is 0.113. The van der Waals surface area contributed by atoms with Gasteiger partial charge in [-0.05, 0) is 43.7 Å². The molecule has 3 saturated heterocycles. The Kier molecular flexibility index (Phi) is 21.6. The molecule has 13 N–H and O–H groups in total. The number of ether oxygens (including phenoxy) is 6. The highest BCUT2D eigenvalue weighted by Crippen LogP contribution is 2.33. The first kappa shape index (κ1) is 49.5. The second-order valence-corrected chi connectivity index (χ2v) is 15.6. The fraction of sp³-hybridized carbons (Fsp3) is 0.825. The third kappa shape index (κ3) is 14.5. The normalized spacial score (nSPS) is 35.1. The molecule has 1 amide bonds. The molecule has 1 aromatic carbocycles. The summed E-state index contributed by atoms with van der Waals surface area (Å²) in [6, 6.07) is 6.27. The van der Waals surface area contributed by atoms with Crippen molar-refractivity contribution in [1.82, 2.24) is 0 Å². The van der Waals surface area contributed by atoms with E-state index in [9.17, 15) is 55.9 Å². The number of carbonyl (C=O) groups excluding carboxylic acids is 1. The number of nitrogens with two attached hydrogens (primary N) is 1. The summed E-state index contributed by atoms with van der Waals surface area (Å²) < 4.78 is 33.6. The summed E-state index contributed by atoms with van der Waals surface area (Å²) in [5.74, 6) is 0.0982. The van der Waals surface area contributed by atoms with Gasteiger partial charge in [-0.1, -0.05) is 70.6 Å². The van der Waals surface area contributed by atoms with E-state index in [0.717, 1.165) is 32.2 Å². The Labute approximate surface area is 344 Å². The fourth-order valence-corrected chi connectivity index (χ4v) is 7.49. The van der Waals surface area contributed by atoms with E-state index in [-0.39, 0.29) is 11.7 Å². The second-order valence-electron chi connectivity index (χ2n) is 15.6. The van der Waals surface area contributed by atoms with Gasteiger partial charge in [-0.15, -0.1) is 0 Å². The van der Waals surface area contributed by atoms with Gasteiger partial charge in [0.05, 0.1) is 19.8 Å². The lowest BCUT2D eigenvalue weighted by molar-refractivity contribution is -0.376. The molecule has 0 unspecified atom stereocenters. The van der Waals surface area contributed by atoms with Crippen molar-refractivity contribution >= 4 is 11.6 Å². The molecule has 19 nitrogen and oxygen atoms in total. The highest BCUT2D eigenvalue weighted by Gasteiger charge is 2.53. The Hall–Kier alpha value is -2.15. The average Bonchev–Trinajstić information content (AvgIpc) is 3.23. The summed E-state index contributed by atoms with van der Waals surface area (Å²) in [6.07, 6.45) is -9.33. The van der Waals surface area contributed by atoms with Gasteiger partial charge in [0.1, 0.15) is 79.0 Å². The highest BCUT2D eigenvalue weighted by molar-refractivity contribution is 5.90. The van der Waals surface area contributed by atoms with E-state index in [2.05, 4.69) is 5.32 Å². The molecule has 4 rings (SSSR count). The lowest BCUT2D eigenvalue weighted by atomic mass is 9.96. The lowest BCUT2D eigenvalue weighted by Crippen LogP contribution is -2.66. The third-order valence-electron chi connectivity index (χ3n) is 11.1. The Balaban J connectivity index is 1.18. The quantitative estimate of drug-likeness (QED) is 0.0518. The van der Waals surface area contributed by atoms with Gasteiger partial charge < -0.3 is 90.5 Å². The number of amides is 1. The number of aliphatic hydroxyl groups is 10. The molecule has 3 fully saturated rings. The smallest absolute Gasteiger partial charge is 0.229 e. The van der Waals surface area contributed by atoms with Crippen LogP contribution in [0.25, 0.3) is 0 Å². The summed E-state index contributed by atoms with van der Waals surface area (Å²) in [5.41, 5.74) is 6.06. The molecular formula is C40H68N2O17. The summed E-state index contributed by atoms with van der Waals surface area (Å²) >= 11 is 0. The van der Waals surface area contributed by atoms with Crippen LogP contribution < -0.4 is 15.8 Å². The minimum Gasteiger partial charge on any atom is -0.462 e. The second kappa shape index (κ2) is 25.7. The highest BCUT2D eigenvalue weighted by atomic mass is 16.8. The van der Waals surface area contributed by atoms with Crippen LogP contribution in [0.15, 0.2) is 24.3 Å². The van der Waals surface area contributed by atoms with Gasteiger partial charge in [0.2, 0.25) is 12.2 Å². The third-order valence-corrected chi connectivity index (χ3v) is 11.1. The maximum Gasteiger partial charge on any atom is 0.229 e. The van der Waals surface area contributed by atoms with Gasteiger partial charge in [-0.25, -0.2) is 0 Å². The van der Waals surface area contributed by atoms with Crippen LogP contribution in [0.3, 0.4) is 0 Å². The number of hydrogen-bond donors (Lipinski definition) is 12. The number of rotatable bonds is 25. The van der Waals surface area contributed by atoms with E-state index in [0.29, 0.717) is 12.1 Å². The van der Waals surface area contributed by atoms with E-state index < -0.39 is 112 Å². The van der Waals surface area contributed by atoms with Crippen LogP contribution in [0.5, 0.6) is 5.75 Å². The predicted octanol–water partition coefficient (Wildman–Crippen LogP) is -1.13. The number of aliphatic hydroxyl groups excluding tert-OH is 10. The van der Waals surface area contributed by atoms with E-state index in [1.54, 1.807) is 12.1 Å². The van der Waals surface area contributed by atoms with Gasteiger partial charge in [-0.3, -0.25) is 4.79 Å². The first-order valence-electron chi connectivity index (χ1n) is 21.1. The monoisotopic (exact) mass is 848 g/mol. The average molecular weight is 849 g/mol. The van der Waals surface area contributed by atoms with Crippen LogP contribution in [0.2, 0.25) is 0 Å². The molecule has 19 heteroatoms. The molecule has 0 aromatic heterocycles. The van der Waals surface area contributed by atoms with Crippen molar-refractivity contribution in [2.75, 3.05) is 31.7 Å². The molecule has 59 heavy (non-hydrogen) atoms. The van der Waals surface area contributed by atoms with Crippen molar-refractivity contribution in [2.24, 2.45) is 5.73 Å². The van der Waals surface area contributed by atoms with Crippen molar-refractivity contribution in [3.63, 3.8) is 0 Å². The Morgan fingerprint density at radius 2 is 0.932 bits per heavy atom. The van der Waals surface area contributed by atoms with Crippen molar-refractivity contribution in [2.45, 2.75) is 182 Å². The Morgan fingerprint density at radius 1 is 0.525 bits per heavy atom.